The van der Waals surface area contributed by atoms with Crippen LogP contribution in [0.3, 0.4) is 0 Å². The molecule has 0 saturated heterocycles. The molecule has 0 rings (SSSR count). The van der Waals surface area contributed by atoms with Crippen LogP contribution in [0.1, 0.15) is 27.7 Å². The van der Waals surface area contributed by atoms with E-state index in [2.05, 4.69) is 0 Å². The largest absolute Gasteiger partial charge is 0.852 e. The summed E-state index contributed by atoms with van der Waals surface area (Å²) in [6.45, 7) is 6.44. The van der Waals surface area contributed by atoms with E-state index in [9.17, 15) is 10.2 Å². The van der Waals surface area contributed by atoms with Gasteiger partial charge in [0, 0.05) is 24.4 Å². The first-order valence-corrected chi connectivity index (χ1v) is 2.78. The summed E-state index contributed by atoms with van der Waals surface area (Å²) in [6, 6.07) is 0. The second-order valence-electron chi connectivity index (χ2n) is 2.10. The maximum Gasteiger partial charge on any atom is 0 e. The predicted molar refractivity (Wildman–Crippen MR) is 36.0 cm³/mol. The maximum absolute atomic E-state index is 9.53. The first kappa shape index (κ1) is 16.4. The number of hydrogen-bond donors (Lipinski definition) is 0. The SMILES string of the molecule is CC(C)[O-].CC(C)[O-].[Sb]. The summed E-state index contributed by atoms with van der Waals surface area (Å²) < 4.78 is 0. The van der Waals surface area contributed by atoms with Gasteiger partial charge in [0.1, 0.15) is 0 Å². The van der Waals surface area contributed by atoms with E-state index in [4.69, 9.17) is 0 Å². The van der Waals surface area contributed by atoms with Crippen LogP contribution in [0.2, 0.25) is 0 Å². The Morgan fingerprint density at radius 1 is 0.778 bits per heavy atom. The second kappa shape index (κ2) is 11.5. The molecule has 0 spiro atoms. The molecule has 0 aliphatic heterocycles. The van der Waals surface area contributed by atoms with Gasteiger partial charge in [-0.05, 0) is 0 Å². The Morgan fingerprint density at radius 3 is 0.778 bits per heavy atom. The van der Waals surface area contributed by atoms with Crippen LogP contribution >= 0.6 is 0 Å². The minimum absolute atomic E-state index is 0. The minimum Gasteiger partial charge on any atom is -0.852 e. The normalized spacial score (nSPS) is 8.00. The summed E-state index contributed by atoms with van der Waals surface area (Å²) in [5.41, 5.74) is 0. The molecule has 0 N–H and O–H groups in total. The van der Waals surface area contributed by atoms with Crippen molar-refractivity contribution in [1.29, 1.82) is 0 Å². The van der Waals surface area contributed by atoms with Crippen molar-refractivity contribution in [2.45, 2.75) is 39.9 Å². The van der Waals surface area contributed by atoms with E-state index in [1.165, 1.54) is 0 Å². The van der Waals surface area contributed by atoms with Gasteiger partial charge in [-0.3, -0.25) is 0 Å². The van der Waals surface area contributed by atoms with Gasteiger partial charge in [0.25, 0.3) is 0 Å². The molecule has 0 aromatic heterocycles. The summed E-state index contributed by atoms with van der Waals surface area (Å²) in [5.74, 6) is 0. The standard InChI is InChI=1S/2C3H7O.Sb/c2*1-3(2)4;/h2*3H,1-2H3;/q2*-1;. The van der Waals surface area contributed by atoms with E-state index in [0.717, 1.165) is 0 Å². The average molecular weight is 240 g/mol. The summed E-state index contributed by atoms with van der Waals surface area (Å²) in [5, 5.41) is 19.1. The summed E-state index contributed by atoms with van der Waals surface area (Å²) in [7, 11) is 0. The van der Waals surface area contributed by atoms with Crippen LogP contribution in [0, 0.1) is 0 Å². The molecular weight excluding hydrogens is 226 g/mol. The van der Waals surface area contributed by atoms with E-state index in [1.807, 2.05) is 0 Å². The smallest absolute Gasteiger partial charge is 0 e. The fourth-order valence-electron chi connectivity index (χ4n) is 0. The van der Waals surface area contributed by atoms with Gasteiger partial charge in [0.2, 0.25) is 0 Å². The average Bonchev–Trinajstić information content (AvgIpc) is 1.25. The molecule has 0 amide bonds. The Labute approximate surface area is 74.7 Å². The molecule has 0 bridgehead atoms. The zero-order chi connectivity index (χ0) is 7.15. The first-order chi connectivity index (χ1) is 3.46. The molecule has 0 atom stereocenters. The van der Waals surface area contributed by atoms with Gasteiger partial charge in [-0.15, -0.1) is 12.2 Å². The Balaban J connectivity index is -0.0000000720. The van der Waals surface area contributed by atoms with Crippen molar-refractivity contribution in [2.24, 2.45) is 0 Å². The van der Waals surface area contributed by atoms with Gasteiger partial charge in [0.05, 0.1) is 0 Å². The van der Waals surface area contributed by atoms with Gasteiger partial charge in [-0.1, -0.05) is 27.7 Å². The van der Waals surface area contributed by atoms with Crippen LogP contribution in [0.15, 0.2) is 0 Å². The van der Waals surface area contributed by atoms with E-state index < -0.39 is 12.2 Å². The number of rotatable bonds is 0. The Bertz CT molecular complexity index is 26.5. The van der Waals surface area contributed by atoms with Crippen molar-refractivity contribution < 1.29 is 10.2 Å². The molecule has 3 radical (unpaired) electrons. The second-order valence-corrected chi connectivity index (χ2v) is 2.10. The Hall–Kier alpha value is 0.738. The molecule has 3 heteroatoms. The molecule has 0 fully saturated rings. The Morgan fingerprint density at radius 2 is 0.778 bits per heavy atom. The van der Waals surface area contributed by atoms with Crippen molar-refractivity contribution in [3.8, 4) is 0 Å². The molecule has 0 aliphatic carbocycles. The van der Waals surface area contributed by atoms with Crippen molar-refractivity contribution in [3.63, 3.8) is 0 Å². The molecule has 2 nitrogen and oxygen atoms in total. The van der Waals surface area contributed by atoms with Crippen molar-refractivity contribution in [2.75, 3.05) is 0 Å². The first-order valence-electron chi connectivity index (χ1n) is 2.78. The molecule has 57 valence electrons. The summed E-state index contributed by atoms with van der Waals surface area (Å²) in [6.07, 6.45) is -0.833. The van der Waals surface area contributed by atoms with Crippen molar-refractivity contribution in [1.82, 2.24) is 0 Å². The van der Waals surface area contributed by atoms with Gasteiger partial charge in [-0.25, -0.2) is 0 Å². The molecule has 9 heavy (non-hydrogen) atoms. The van der Waals surface area contributed by atoms with Gasteiger partial charge < -0.3 is 10.2 Å². The Kier molecular flexibility index (Phi) is 21.0. The molecule has 0 aromatic carbocycles. The quantitative estimate of drug-likeness (QED) is 0.516. The zero-order valence-corrected chi connectivity index (χ0v) is 8.97. The van der Waals surface area contributed by atoms with Crippen LogP contribution in [0.5, 0.6) is 0 Å². The van der Waals surface area contributed by atoms with Crippen LogP contribution in [-0.4, -0.2) is 36.6 Å². The maximum atomic E-state index is 9.53. The van der Waals surface area contributed by atoms with E-state index >= 15 is 0 Å². The third-order valence-corrected chi connectivity index (χ3v) is 0. The van der Waals surface area contributed by atoms with Gasteiger partial charge in [-0.2, -0.15) is 0 Å². The predicted octanol–water partition coefficient (Wildman–Crippen LogP) is -0.871. The van der Waals surface area contributed by atoms with Crippen LogP contribution < -0.4 is 10.2 Å². The van der Waals surface area contributed by atoms with Crippen molar-refractivity contribution >= 4 is 24.4 Å². The number of hydrogen-bond acceptors (Lipinski definition) is 2. The third-order valence-electron chi connectivity index (χ3n) is 0. The third kappa shape index (κ3) is 728. The monoisotopic (exact) mass is 239 g/mol. The summed E-state index contributed by atoms with van der Waals surface area (Å²) >= 11 is 0. The molecule has 0 aliphatic rings. The van der Waals surface area contributed by atoms with E-state index in [0.29, 0.717) is 0 Å². The topological polar surface area (TPSA) is 46.1 Å². The van der Waals surface area contributed by atoms with E-state index in [1.54, 1.807) is 27.7 Å². The molecule has 0 heterocycles. The molecule has 0 saturated carbocycles. The molecule has 0 aromatic rings. The van der Waals surface area contributed by atoms with Crippen LogP contribution in [0.4, 0.5) is 0 Å². The van der Waals surface area contributed by atoms with Crippen LogP contribution in [0.25, 0.3) is 0 Å². The van der Waals surface area contributed by atoms with E-state index in [-0.39, 0.29) is 24.4 Å². The zero-order valence-electron chi connectivity index (χ0n) is 6.42. The van der Waals surface area contributed by atoms with Gasteiger partial charge >= 0.3 is 0 Å². The minimum atomic E-state index is -0.417. The molecule has 0 unspecified atom stereocenters. The fraction of sp³-hybridized carbons (Fsp3) is 1.00. The fourth-order valence-corrected chi connectivity index (χ4v) is 0. The van der Waals surface area contributed by atoms with Crippen LogP contribution in [-0.2, 0) is 0 Å². The van der Waals surface area contributed by atoms with Crippen molar-refractivity contribution in [3.05, 3.63) is 0 Å². The summed E-state index contributed by atoms with van der Waals surface area (Å²) in [4.78, 5) is 0. The molecular formula is C6H14O2Sb-2. The van der Waals surface area contributed by atoms with Gasteiger partial charge in [0.15, 0.2) is 0 Å².